The molecule has 0 aliphatic carbocycles. The number of carbonyl (C=O) groups excluding carboxylic acids is 1. The number of carboxylic acids is 1. The molecule has 5 heteroatoms. The molecule has 1 aromatic rings. The molecule has 2 N–H and O–H groups in total. The first-order chi connectivity index (χ1) is 9.63. The number of ether oxygens (including phenoxy) is 1. The van der Waals surface area contributed by atoms with E-state index in [1.165, 1.54) is 0 Å². The highest BCUT2D eigenvalue weighted by Crippen LogP contribution is 2.16. The van der Waals surface area contributed by atoms with Crippen LogP contribution in [0, 0.1) is 0 Å². The predicted octanol–water partition coefficient (Wildman–Crippen LogP) is 2.14. The van der Waals surface area contributed by atoms with Gasteiger partial charge in [-0.1, -0.05) is 43.7 Å². The topological polar surface area (TPSA) is 75.6 Å². The second kappa shape index (κ2) is 9.09. The Hall–Kier alpha value is -1.88. The lowest BCUT2D eigenvalue weighted by Crippen LogP contribution is -2.33. The van der Waals surface area contributed by atoms with Crippen LogP contribution in [0.5, 0.6) is 0 Å². The molecule has 1 atom stereocenters. The Kier molecular flexibility index (Phi) is 7.35. The van der Waals surface area contributed by atoms with E-state index in [-0.39, 0.29) is 18.9 Å². The molecule has 20 heavy (non-hydrogen) atoms. The lowest BCUT2D eigenvalue weighted by Gasteiger charge is -2.17. The number of hydrogen-bond donors (Lipinski definition) is 2. The van der Waals surface area contributed by atoms with Crippen LogP contribution in [0.25, 0.3) is 0 Å². The molecule has 0 fully saturated rings. The Bertz CT molecular complexity index is 419. The maximum atomic E-state index is 11.7. The molecule has 0 radical (unpaired) electrons. The zero-order valence-corrected chi connectivity index (χ0v) is 11.7. The summed E-state index contributed by atoms with van der Waals surface area (Å²) >= 11 is 0. The number of unbranched alkanes of at least 4 members (excludes halogenated alkanes) is 1. The quantitative estimate of drug-likeness (QED) is 0.679. The van der Waals surface area contributed by atoms with E-state index in [2.05, 4.69) is 5.32 Å². The van der Waals surface area contributed by atoms with E-state index in [0.29, 0.717) is 6.61 Å². The van der Waals surface area contributed by atoms with Crippen LogP contribution in [0.2, 0.25) is 0 Å². The molecule has 1 aromatic carbocycles. The summed E-state index contributed by atoms with van der Waals surface area (Å²) in [6, 6.07) is 8.53. The molecule has 0 saturated carbocycles. The summed E-state index contributed by atoms with van der Waals surface area (Å²) in [5, 5.41) is 11.6. The maximum Gasteiger partial charge on any atom is 0.305 e. The van der Waals surface area contributed by atoms with Crippen molar-refractivity contribution < 1.29 is 19.4 Å². The van der Waals surface area contributed by atoms with E-state index in [0.717, 1.165) is 18.4 Å². The molecule has 5 nitrogen and oxygen atoms in total. The van der Waals surface area contributed by atoms with Gasteiger partial charge in [-0.15, -0.1) is 0 Å². The Morgan fingerprint density at radius 3 is 2.60 bits per heavy atom. The van der Waals surface area contributed by atoms with Crippen molar-refractivity contribution in [1.29, 1.82) is 0 Å². The van der Waals surface area contributed by atoms with Gasteiger partial charge in [0.2, 0.25) is 5.91 Å². The van der Waals surface area contributed by atoms with Crippen molar-refractivity contribution in [2.24, 2.45) is 0 Å². The third-order valence-electron chi connectivity index (χ3n) is 2.79. The monoisotopic (exact) mass is 279 g/mol. The summed E-state index contributed by atoms with van der Waals surface area (Å²) in [7, 11) is 0. The molecular formula is C15H21NO4. The third-order valence-corrected chi connectivity index (χ3v) is 2.79. The summed E-state index contributed by atoms with van der Waals surface area (Å²) in [5.74, 6) is -1.25. The van der Waals surface area contributed by atoms with Gasteiger partial charge in [-0.2, -0.15) is 0 Å². The van der Waals surface area contributed by atoms with E-state index in [9.17, 15) is 9.59 Å². The normalized spacial score (nSPS) is 11.8. The minimum atomic E-state index is -0.953. The van der Waals surface area contributed by atoms with E-state index >= 15 is 0 Å². The average molecular weight is 279 g/mol. The van der Waals surface area contributed by atoms with Crippen LogP contribution in [-0.2, 0) is 14.3 Å². The van der Waals surface area contributed by atoms with Gasteiger partial charge >= 0.3 is 5.97 Å². The Labute approximate surface area is 118 Å². The van der Waals surface area contributed by atoms with Gasteiger partial charge in [-0.25, -0.2) is 0 Å². The van der Waals surface area contributed by atoms with Crippen molar-refractivity contribution in [3.8, 4) is 0 Å². The number of benzene rings is 1. The van der Waals surface area contributed by atoms with Gasteiger partial charge in [0.25, 0.3) is 0 Å². The van der Waals surface area contributed by atoms with Crippen molar-refractivity contribution in [2.75, 3.05) is 13.2 Å². The summed E-state index contributed by atoms with van der Waals surface area (Å²) in [5.41, 5.74) is 0.775. The highest BCUT2D eigenvalue weighted by atomic mass is 16.5. The van der Waals surface area contributed by atoms with Gasteiger partial charge in [0.15, 0.2) is 0 Å². The zero-order valence-electron chi connectivity index (χ0n) is 11.7. The summed E-state index contributed by atoms with van der Waals surface area (Å²) < 4.78 is 5.22. The highest BCUT2D eigenvalue weighted by Gasteiger charge is 2.17. The standard InChI is InChI=1S/C15H21NO4/c1-2-3-9-20-11-14(17)16-13(10-15(18)19)12-7-5-4-6-8-12/h4-8,13H,2-3,9-11H2,1H3,(H,16,17)(H,18,19). The minimum absolute atomic E-state index is 0.0387. The molecule has 1 unspecified atom stereocenters. The number of nitrogens with one attached hydrogen (secondary N) is 1. The van der Waals surface area contributed by atoms with Crippen LogP contribution in [-0.4, -0.2) is 30.2 Å². The van der Waals surface area contributed by atoms with Crippen molar-refractivity contribution >= 4 is 11.9 Å². The summed E-state index contributed by atoms with van der Waals surface area (Å²) in [6.07, 6.45) is 1.77. The lowest BCUT2D eigenvalue weighted by atomic mass is 10.0. The van der Waals surface area contributed by atoms with Gasteiger partial charge in [0, 0.05) is 6.61 Å². The minimum Gasteiger partial charge on any atom is -0.481 e. The molecule has 0 aliphatic heterocycles. The molecule has 1 amide bonds. The molecular weight excluding hydrogens is 258 g/mol. The second-order valence-electron chi connectivity index (χ2n) is 4.53. The second-order valence-corrected chi connectivity index (χ2v) is 4.53. The van der Waals surface area contributed by atoms with Crippen LogP contribution >= 0.6 is 0 Å². The van der Waals surface area contributed by atoms with E-state index < -0.39 is 12.0 Å². The fourth-order valence-electron chi connectivity index (χ4n) is 1.76. The van der Waals surface area contributed by atoms with Gasteiger partial charge < -0.3 is 15.2 Å². The zero-order chi connectivity index (χ0) is 14.8. The first kappa shape index (κ1) is 16.2. The van der Waals surface area contributed by atoms with E-state index in [4.69, 9.17) is 9.84 Å². The van der Waals surface area contributed by atoms with Gasteiger partial charge in [0.1, 0.15) is 6.61 Å². The molecule has 0 spiro atoms. The number of carboxylic acid groups (broad SMARTS) is 1. The van der Waals surface area contributed by atoms with Crippen LogP contribution in [0.3, 0.4) is 0 Å². The summed E-state index contributed by atoms with van der Waals surface area (Å²) in [6.45, 7) is 2.55. The van der Waals surface area contributed by atoms with E-state index in [1.54, 1.807) is 12.1 Å². The lowest BCUT2D eigenvalue weighted by molar-refractivity contribution is -0.138. The van der Waals surface area contributed by atoms with Crippen molar-refractivity contribution in [3.63, 3.8) is 0 Å². The Morgan fingerprint density at radius 2 is 2.00 bits per heavy atom. The number of hydrogen-bond acceptors (Lipinski definition) is 3. The third kappa shape index (κ3) is 6.33. The van der Waals surface area contributed by atoms with Gasteiger partial charge in [-0.05, 0) is 12.0 Å². The molecule has 0 heterocycles. The summed E-state index contributed by atoms with van der Waals surface area (Å²) in [4.78, 5) is 22.6. The Balaban J connectivity index is 2.52. The van der Waals surface area contributed by atoms with Crippen LogP contribution in [0.1, 0.15) is 37.8 Å². The average Bonchev–Trinajstić information content (AvgIpc) is 2.43. The first-order valence-electron chi connectivity index (χ1n) is 6.77. The number of carbonyl (C=O) groups is 2. The molecule has 0 bridgehead atoms. The predicted molar refractivity (Wildman–Crippen MR) is 75.3 cm³/mol. The highest BCUT2D eigenvalue weighted by molar-refractivity contribution is 5.78. The van der Waals surface area contributed by atoms with Crippen LogP contribution in [0.15, 0.2) is 30.3 Å². The fourth-order valence-corrected chi connectivity index (χ4v) is 1.76. The van der Waals surface area contributed by atoms with Crippen molar-refractivity contribution in [1.82, 2.24) is 5.32 Å². The number of rotatable bonds is 9. The van der Waals surface area contributed by atoms with Crippen LogP contribution in [0.4, 0.5) is 0 Å². The molecule has 0 saturated heterocycles. The molecule has 0 aliphatic rings. The number of aliphatic carboxylic acids is 1. The first-order valence-corrected chi connectivity index (χ1v) is 6.77. The fraction of sp³-hybridized carbons (Fsp3) is 0.467. The van der Waals surface area contributed by atoms with Gasteiger partial charge in [0.05, 0.1) is 12.5 Å². The number of amides is 1. The molecule has 110 valence electrons. The van der Waals surface area contributed by atoms with Gasteiger partial charge in [-0.3, -0.25) is 9.59 Å². The SMILES string of the molecule is CCCCOCC(=O)NC(CC(=O)O)c1ccccc1. The largest absolute Gasteiger partial charge is 0.481 e. The smallest absolute Gasteiger partial charge is 0.305 e. The van der Waals surface area contributed by atoms with Crippen molar-refractivity contribution in [3.05, 3.63) is 35.9 Å². The molecule has 1 rings (SSSR count). The van der Waals surface area contributed by atoms with Crippen molar-refractivity contribution in [2.45, 2.75) is 32.2 Å². The van der Waals surface area contributed by atoms with Crippen LogP contribution < -0.4 is 5.32 Å². The van der Waals surface area contributed by atoms with E-state index in [1.807, 2.05) is 25.1 Å². The Morgan fingerprint density at radius 1 is 1.30 bits per heavy atom. The maximum absolute atomic E-state index is 11.7. The molecule has 0 aromatic heterocycles.